The van der Waals surface area contributed by atoms with Crippen molar-refractivity contribution in [2.24, 2.45) is 17.8 Å². The smallest absolute Gasteiger partial charge is 0.294 e. The Labute approximate surface area is 200 Å². The van der Waals surface area contributed by atoms with Gasteiger partial charge in [0.1, 0.15) is 11.5 Å². The minimum Gasteiger partial charge on any atom is -0.345 e. The lowest BCUT2D eigenvalue weighted by Gasteiger charge is -2.56. The lowest BCUT2D eigenvalue weighted by Crippen LogP contribution is -2.59. The molecule has 0 aliphatic heterocycles. The average molecular weight is 467 g/mol. The van der Waals surface area contributed by atoms with Crippen molar-refractivity contribution >= 4 is 5.91 Å². The average Bonchev–Trinajstić information content (AvgIpc) is 3.11. The van der Waals surface area contributed by atoms with Crippen molar-refractivity contribution in [2.45, 2.75) is 76.7 Å². The van der Waals surface area contributed by atoms with Crippen molar-refractivity contribution in [1.29, 1.82) is 0 Å². The van der Waals surface area contributed by atoms with Crippen LogP contribution in [0, 0.1) is 34.8 Å². The number of benzene rings is 1. The van der Waals surface area contributed by atoms with E-state index in [9.17, 15) is 14.9 Å². The summed E-state index contributed by atoms with van der Waals surface area (Å²) in [5.74, 6) is 3.11. The molecule has 0 unspecified atom stereocenters. The molecule has 1 aromatic heterocycles. The fourth-order valence-electron chi connectivity index (χ4n) is 7.13. The van der Waals surface area contributed by atoms with E-state index in [2.05, 4.69) is 14.7 Å². The normalized spacial score (nSPS) is 27.0. The summed E-state index contributed by atoms with van der Waals surface area (Å²) >= 11 is 0. The van der Waals surface area contributed by atoms with E-state index in [1.54, 1.807) is 0 Å². The zero-order valence-electron chi connectivity index (χ0n) is 19.9. The van der Waals surface area contributed by atoms with Crippen molar-refractivity contribution in [1.82, 2.24) is 14.9 Å². The molecule has 4 saturated carbocycles. The van der Waals surface area contributed by atoms with Crippen LogP contribution >= 0.6 is 0 Å². The summed E-state index contributed by atoms with van der Waals surface area (Å²) in [6.45, 7) is 2.08. The van der Waals surface area contributed by atoms with Crippen molar-refractivity contribution in [3.8, 4) is 5.69 Å². The number of hydrogen-bond acceptors (Lipinski definition) is 5. The summed E-state index contributed by atoms with van der Waals surface area (Å²) < 4.78 is 2.09. The molecule has 182 valence electrons. The predicted molar refractivity (Wildman–Crippen MR) is 127 cm³/mol. The van der Waals surface area contributed by atoms with E-state index in [-0.39, 0.29) is 18.1 Å². The number of carbonyl (C=O) groups excluding carboxylic acids is 1. The lowest BCUT2D eigenvalue weighted by molar-refractivity contribution is -0.757. The monoisotopic (exact) mass is 466 g/mol. The molecule has 6 rings (SSSR count). The van der Waals surface area contributed by atoms with Crippen molar-refractivity contribution in [3.05, 3.63) is 57.7 Å². The quantitative estimate of drug-likeness (QED) is 0.308. The van der Waals surface area contributed by atoms with Crippen LogP contribution in [0.4, 0.5) is 0 Å². The lowest BCUT2D eigenvalue weighted by atomic mass is 9.53. The van der Waals surface area contributed by atoms with Crippen LogP contribution in [-0.2, 0) is 11.3 Å². The second-order valence-electron chi connectivity index (χ2n) is 10.7. The zero-order valence-corrected chi connectivity index (χ0v) is 19.9. The summed E-state index contributed by atoms with van der Waals surface area (Å²) in [7, 11) is 0. The Kier molecular flexibility index (Phi) is 6.32. The standard InChI is InChI=1S/C26H34N4O4/c1-18-24(25(31)28-26-15-19-12-20(16-26)14-21(13-19)17-26)27-23(10-6-3-7-11-34-30(32)33)29(18)22-8-4-2-5-9-22/h2,4-5,8-9,19-21H,3,6-7,10-17H2,1H3,(H,28,31). The number of rotatable bonds is 10. The Hall–Kier alpha value is -2.90. The number of aromatic nitrogens is 2. The van der Waals surface area contributed by atoms with Gasteiger partial charge in [-0.2, -0.15) is 0 Å². The van der Waals surface area contributed by atoms with Gasteiger partial charge in [-0.1, -0.05) is 24.6 Å². The molecule has 0 radical (unpaired) electrons. The number of aryl methyl sites for hydroxylation is 1. The van der Waals surface area contributed by atoms with Gasteiger partial charge < -0.3 is 14.7 Å². The van der Waals surface area contributed by atoms with Crippen LogP contribution in [0.25, 0.3) is 5.69 Å². The first-order valence-electron chi connectivity index (χ1n) is 12.7. The number of nitrogens with one attached hydrogen (secondary N) is 1. The molecular formula is C26H34N4O4. The molecule has 0 spiro atoms. The van der Waals surface area contributed by atoms with Crippen LogP contribution in [0.1, 0.15) is 79.8 Å². The van der Waals surface area contributed by atoms with Gasteiger partial charge in [0.2, 0.25) is 0 Å². The first-order valence-corrected chi connectivity index (χ1v) is 12.7. The molecule has 4 aliphatic carbocycles. The molecule has 2 aromatic rings. The second-order valence-corrected chi connectivity index (χ2v) is 10.7. The number of hydrogen-bond donors (Lipinski definition) is 1. The topological polar surface area (TPSA) is 99.3 Å². The Balaban J connectivity index is 1.33. The fraction of sp³-hybridized carbons (Fsp3) is 0.615. The molecule has 4 aliphatic rings. The fourth-order valence-corrected chi connectivity index (χ4v) is 7.13. The highest BCUT2D eigenvalue weighted by Gasteiger charge is 2.51. The number of nitrogens with zero attached hydrogens (tertiary/aromatic N) is 3. The minimum absolute atomic E-state index is 0.0465. The predicted octanol–water partition coefficient (Wildman–Crippen LogP) is 4.80. The third-order valence-corrected chi connectivity index (χ3v) is 8.06. The Morgan fingerprint density at radius 3 is 2.38 bits per heavy atom. The van der Waals surface area contributed by atoms with Gasteiger partial charge in [-0.05, 0) is 88.2 Å². The minimum atomic E-state index is -0.750. The van der Waals surface area contributed by atoms with Gasteiger partial charge in [0.25, 0.3) is 11.0 Å². The number of imidazole rings is 1. The van der Waals surface area contributed by atoms with Gasteiger partial charge in [0.15, 0.2) is 0 Å². The van der Waals surface area contributed by atoms with Crippen molar-refractivity contribution in [2.75, 3.05) is 6.61 Å². The van der Waals surface area contributed by atoms with Gasteiger partial charge in [-0.3, -0.25) is 4.79 Å². The summed E-state index contributed by atoms with van der Waals surface area (Å²) in [5.41, 5.74) is 2.32. The number of unbranched alkanes of at least 4 members (excludes halogenated alkanes) is 2. The second kappa shape index (κ2) is 9.39. The largest absolute Gasteiger partial charge is 0.345 e. The number of amides is 1. The molecule has 34 heavy (non-hydrogen) atoms. The van der Waals surface area contributed by atoms with Crippen LogP contribution in [0.3, 0.4) is 0 Å². The van der Waals surface area contributed by atoms with Gasteiger partial charge in [-0.15, -0.1) is 10.1 Å². The summed E-state index contributed by atoms with van der Waals surface area (Å²) in [6.07, 6.45) is 10.3. The molecule has 1 amide bonds. The molecule has 1 aromatic carbocycles. The molecule has 8 heteroatoms. The molecule has 8 nitrogen and oxygen atoms in total. The molecule has 4 fully saturated rings. The maximum atomic E-state index is 13.6. The van der Waals surface area contributed by atoms with E-state index in [1.807, 2.05) is 37.3 Å². The van der Waals surface area contributed by atoms with Crippen molar-refractivity contribution in [3.63, 3.8) is 0 Å². The zero-order chi connectivity index (χ0) is 23.7. The highest BCUT2D eigenvalue weighted by Crippen LogP contribution is 2.55. The molecule has 1 N–H and O–H groups in total. The Morgan fingerprint density at radius 1 is 1.12 bits per heavy atom. The number of para-hydroxylation sites is 1. The third-order valence-electron chi connectivity index (χ3n) is 8.06. The third kappa shape index (κ3) is 4.68. The highest BCUT2D eigenvalue weighted by molar-refractivity contribution is 5.94. The number of carbonyl (C=O) groups is 1. The van der Waals surface area contributed by atoms with Gasteiger partial charge in [0, 0.05) is 17.6 Å². The van der Waals surface area contributed by atoms with Crippen molar-refractivity contribution < 1.29 is 14.7 Å². The van der Waals surface area contributed by atoms with E-state index >= 15 is 0 Å². The summed E-state index contributed by atoms with van der Waals surface area (Å²) in [6, 6.07) is 10.0. The van der Waals surface area contributed by atoms with Crippen LogP contribution in [0.5, 0.6) is 0 Å². The Bertz CT molecular complexity index is 1010. The molecule has 4 bridgehead atoms. The first kappa shape index (κ1) is 22.9. The van der Waals surface area contributed by atoms with E-state index in [1.165, 1.54) is 19.3 Å². The summed E-state index contributed by atoms with van der Waals surface area (Å²) in [5, 5.41) is 13.0. The van der Waals surface area contributed by atoms with Crippen LogP contribution < -0.4 is 5.32 Å². The van der Waals surface area contributed by atoms with Crippen LogP contribution in [-0.4, -0.2) is 32.7 Å². The SMILES string of the molecule is Cc1c(C(=O)NC23CC4CC(CC(C4)C2)C3)nc(CCCCCO[N+](=O)[O-])n1-c1ccccc1. The summed E-state index contributed by atoms with van der Waals surface area (Å²) in [4.78, 5) is 33.1. The maximum Gasteiger partial charge on any atom is 0.294 e. The van der Waals surface area contributed by atoms with Gasteiger partial charge >= 0.3 is 0 Å². The molecular weight excluding hydrogens is 432 g/mol. The highest BCUT2D eigenvalue weighted by atomic mass is 16.9. The maximum absolute atomic E-state index is 13.6. The van der Waals surface area contributed by atoms with Gasteiger partial charge in [0.05, 0.1) is 12.3 Å². The van der Waals surface area contributed by atoms with E-state index in [0.717, 1.165) is 67.1 Å². The molecule has 1 heterocycles. The van der Waals surface area contributed by atoms with Crippen LogP contribution in [0.15, 0.2) is 30.3 Å². The van der Waals surface area contributed by atoms with Crippen LogP contribution in [0.2, 0.25) is 0 Å². The Morgan fingerprint density at radius 2 is 1.76 bits per heavy atom. The van der Waals surface area contributed by atoms with E-state index in [0.29, 0.717) is 18.5 Å². The molecule has 0 saturated heterocycles. The first-order chi connectivity index (χ1) is 16.4. The van der Waals surface area contributed by atoms with E-state index in [4.69, 9.17) is 4.98 Å². The molecule has 0 atom stereocenters. The van der Waals surface area contributed by atoms with E-state index < -0.39 is 5.09 Å². The van der Waals surface area contributed by atoms with Gasteiger partial charge in [-0.25, -0.2) is 4.98 Å².